The maximum Gasteiger partial charge on any atom is 0.258 e. The molecule has 0 spiro atoms. The summed E-state index contributed by atoms with van der Waals surface area (Å²) in [5.74, 6) is -1.54. The van der Waals surface area contributed by atoms with Crippen LogP contribution < -0.4 is 15.4 Å². The number of sulfonamides is 1. The van der Waals surface area contributed by atoms with Crippen LogP contribution in [0, 0.1) is 5.82 Å². The number of pyridine rings is 1. The van der Waals surface area contributed by atoms with E-state index in [4.69, 9.17) is 4.74 Å². The molecule has 2 amide bonds. The van der Waals surface area contributed by atoms with Gasteiger partial charge in [-0.3, -0.25) is 9.59 Å². The molecule has 3 aromatic rings. The molecular weight excluding hydrogens is 487 g/mol. The minimum atomic E-state index is -3.87. The maximum atomic E-state index is 13.2. The van der Waals surface area contributed by atoms with Gasteiger partial charge in [0.25, 0.3) is 15.9 Å². The number of amides is 2. The number of anilines is 1. The van der Waals surface area contributed by atoms with Crippen LogP contribution in [0.5, 0.6) is 0 Å². The first-order valence-electron chi connectivity index (χ1n) is 11.1. The van der Waals surface area contributed by atoms with Crippen molar-refractivity contribution < 1.29 is 27.1 Å². The molecule has 1 atom stereocenters. The standard InChI is InChI=1S/C25H25FN4O5S/c1-25(15-35-16-25)30-36(33,34)22-12-11-20(14-27-22)28-24(32)21(13-17-5-3-2-4-6-17)29-23(31)18-7-9-19(26)10-8-18/h2-12,14,21,30H,13,15-16H2,1H3,(H,28,32)(H,29,31)/t21-/m0/s1. The predicted octanol–water partition coefficient (Wildman–Crippen LogP) is 2.27. The van der Waals surface area contributed by atoms with E-state index in [1.165, 1.54) is 30.5 Å². The molecule has 3 N–H and O–H groups in total. The number of aromatic nitrogens is 1. The quantitative estimate of drug-likeness (QED) is 0.404. The predicted molar refractivity (Wildman–Crippen MR) is 130 cm³/mol. The Morgan fingerprint density at radius 3 is 2.33 bits per heavy atom. The minimum absolute atomic E-state index is 0.195. The van der Waals surface area contributed by atoms with Gasteiger partial charge in [0, 0.05) is 12.0 Å². The normalized spacial score (nSPS) is 15.4. The smallest absolute Gasteiger partial charge is 0.258 e. The monoisotopic (exact) mass is 512 g/mol. The van der Waals surface area contributed by atoms with Crippen molar-refractivity contribution in [2.24, 2.45) is 0 Å². The van der Waals surface area contributed by atoms with E-state index in [0.29, 0.717) is 0 Å². The fraction of sp³-hybridized carbons (Fsp3) is 0.240. The van der Waals surface area contributed by atoms with Gasteiger partial charge in [0.05, 0.1) is 30.6 Å². The molecule has 188 valence electrons. The van der Waals surface area contributed by atoms with E-state index < -0.39 is 39.2 Å². The van der Waals surface area contributed by atoms with Crippen LogP contribution >= 0.6 is 0 Å². The van der Waals surface area contributed by atoms with Crippen molar-refractivity contribution in [1.82, 2.24) is 15.0 Å². The van der Waals surface area contributed by atoms with Gasteiger partial charge in [-0.05, 0) is 48.9 Å². The number of hydrogen-bond acceptors (Lipinski definition) is 6. The Bertz CT molecular complexity index is 1330. The number of hydrogen-bond donors (Lipinski definition) is 3. The van der Waals surface area contributed by atoms with Gasteiger partial charge in [-0.15, -0.1) is 0 Å². The summed E-state index contributed by atoms with van der Waals surface area (Å²) in [6.07, 6.45) is 1.43. The molecule has 1 saturated heterocycles. The number of rotatable bonds is 9. The number of nitrogens with zero attached hydrogens (tertiary/aromatic N) is 1. The van der Waals surface area contributed by atoms with E-state index in [0.717, 1.165) is 17.7 Å². The van der Waals surface area contributed by atoms with Crippen LogP contribution in [0.25, 0.3) is 0 Å². The van der Waals surface area contributed by atoms with E-state index in [9.17, 15) is 22.4 Å². The second-order valence-corrected chi connectivity index (χ2v) is 10.4. The first-order valence-corrected chi connectivity index (χ1v) is 12.6. The van der Waals surface area contributed by atoms with Crippen molar-refractivity contribution in [1.29, 1.82) is 0 Å². The largest absolute Gasteiger partial charge is 0.377 e. The van der Waals surface area contributed by atoms with Crippen molar-refractivity contribution in [3.63, 3.8) is 0 Å². The van der Waals surface area contributed by atoms with Crippen LogP contribution in [-0.2, 0) is 26.0 Å². The zero-order valence-electron chi connectivity index (χ0n) is 19.4. The lowest BCUT2D eigenvalue weighted by molar-refractivity contribution is -0.118. The highest BCUT2D eigenvalue weighted by atomic mass is 32.2. The molecule has 1 aliphatic heterocycles. The van der Waals surface area contributed by atoms with E-state index in [-0.39, 0.29) is 35.9 Å². The molecule has 0 radical (unpaired) electrons. The van der Waals surface area contributed by atoms with Gasteiger partial charge in [0.15, 0.2) is 5.03 Å². The topological polar surface area (TPSA) is 126 Å². The molecule has 2 aromatic carbocycles. The zero-order chi connectivity index (χ0) is 25.8. The Morgan fingerprint density at radius 2 is 1.75 bits per heavy atom. The van der Waals surface area contributed by atoms with Crippen molar-refractivity contribution in [2.45, 2.75) is 30.0 Å². The van der Waals surface area contributed by atoms with Gasteiger partial charge >= 0.3 is 0 Å². The molecule has 0 aliphatic carbocycles. The number of benzene rings is 2. The summed E-state index contributed by atoms with van der Waals surface area (Å²) in [6.45, 7) is 2.27. The van der Waals surface area contributed by atoms with Gasteiger partial charge in [-0.1, -0.05) is 30.3 Å². The van der Waals surface area contributed by atoms with Gasteiger partial charge in [-0.25, -0.2) is 17.8 Å². The maximum absolute atomic E-state index is 13.2. The highest BCUT2D eigenvalue weighted by molar-refractivity contribution is 7.89. The van der Waals surface area contributed by atoms with Gasteiger partial charge < -0.3 is 15.4 Å². The third kappa shape index (κ3) is 6.30. The van der Waals surface area contributed by atoms with Crippen LogP contribution in [-0.4, -0.2) is 50.0 Å². The number of nitrogens with one attached hydrogen (secondary N) is 3. The Hall–Kier alpha value is -3.67. The fourth-order valence-corrected chi connectivity index (χ4v) is 4.90. The average Bonchev–Trinajstić information content (AvgIpc) is 2.84. The van der Waals surface area contributed by atoms with Gasteiger partial charge in [0.1, 0.15) is 11.9 Å². The van der Waals surface area contributed by atoms with Crippen LogP contribution in [0.4, 0.5) is 10.1 Å². The molecule has 0 saturated carbocycles. The second kappa shape index (κ2) is 10.5. The molecule has 1 aliphatic rings. The molecule has 36 heavy (non-hydrogen) atoms. The first kappa shape index (κ1) is 25.4. The number of carbonyl (C=O) groups is 2. The summed E-state index contributed by atoms with van der Waals surface area (Å²) in [7, 11) is -3.87. The van der Waals surface area contributed by atoms with Crippen LogP contribution in [0.1, 0.15) is 22.8 Å². The van der Waals surface area contributed by atoms with Crippen LogP contribution in [0.3, 0.4) is 0 Å². The van der Waals surface area contributed by atoms with E-state index in [2.05, 4.69) is 20.3 Å². The third-order valence-electron chi connectivity index (χ3n) is 5.51. The SMILES string of the molecule is CC1(NS(=O)(=O)c2ccc(NC(=O)[C@H](Cc3ccccc3)NC(=O)c3ccc(F)cc3)cn2)COC1. The number of carbonyl (C=O) groups excluding carboxylic acids is 2. The first-order chi connectivity index (χ1) is 17.1. The Kier molecular flexibility index (Phi) is 7.43. The van der Waals surface area contributed by atoms with E-state index in [1.807, 2.05) is 30.3 Å². The van der Waals surface area contributed by atoms with Crippen LogP contribution in [0.2, 0.25) is 0 Å². The average molecular weight is 513 g/mol. The summed E-state index contributed by atoms with van der Waals surface area (Å²) in [5, 5.41) is 5.15. The fourth-order valence-electron chi connectivity index (χ4n) is 3.59. The molecule has 0 bridgehead atoms. The lowest BCUT2D eigenvalue weighted by Crippen LogP contribution is -2.59. The Labute approximate surface area is 208 Å². The molecule has 1 fully saturated rings. The van der Waals surface area contributed by atoms with Crippen molar-refractivity contribution >= 4 is 27.5 Å². The molecule has 1 aromatic heterocycles. The summed E-state index contributed by atoms with van der Waals surface area (Å²) >= 11 is 0. The van der Waals surface area contributed by atoms with Crippen molar-refractivity contribution in [3.05, 3.63) is 89.9 Å². The Balaban J connectivity index is 1.47. The number of halogens is 1. The summed E-state index contributed by atoms with van der Waals surface area (Å²) < 4.78 is 46.0. The summed E-state index contributed by atoms with van der Waals surface area (Å²) in [5.41, 5.74) is 0.597. The molecular formula is C25H25FN4O5S. The molecule has 11 heteroatoms. The zero-order valence-corrected chi connectivity index (χ0v) is 20.2. The lowest BCUT2D eigenvalue weighted by atomic mass is 10.0. The Morgan fingerprint density at radius 1 is 1.06 bits per heavy atom. The second-order valence-electron chi connectivity index (χ2n) is 8.76. The highest BCUT2D eigenvalue weighted by Crippen LogP contribution is 2.20. The highest BCUT2D eigenvalue weighted by Gasteiger charge is 2.38. The van der Waals surface area contributed by atoms with Crippen molar-refractivity contribution in [2.75, 3.05) is 18.5 Å². The van der Waals surface area contributed by atoms with Gasteiger partial charge in [0.2, 0.25) is 5.91 Å². The summed E-state index contributed by atoms with van der Waals surface area (Å²) in [6, 6.07) is 15.8. The molecule has 2 heterocycles. The molecule has 4 rings (SSSR count). The minimum Gasteiger partial charge on any atom is -0.377 e. The van der Waals surface area contributed by atoms with Crippen LogP contribution in [0.15, 0.2) is 78.0 Å². The lowest BCUT2D eigenvalue weighted by Gasteiger charge is -2.38. The van der Waals surface area contributed by atoms with Crippen molar-refractivity contribution in [3.8, 4) is 0 Å². The van der Waals surface area contributed by atoms with Gasteiger partial charge in [-0.2, -0.15) is 4.72 Å². The summed E-state index contributed by atoms with van der Waals surface area (Å²) in [4.78, 5) is 29.8. The molecule has 0 unspecified atom stereocenters. The third-order valence-corrected chi connectivity index (χ3v) is 7.07. The van der Waals surface area contributed by atoms with E-state index in [1.54, 1.807) is 6.92 Å². The molecule has 9 nitrogen and oxygen atoms in total. The number of ether oxygens (including phenoxy) is 1. The van der Waals surface area contributed by atoms with E-state index >= 15 is 0 Å².